The fourth-order valence-electron chi connectivity index (χ4n) is 9.83. The SMILES string of the molecule is CC/C=C\C/C=C\C/C=C\C/C=C\C/C=C\CCCCCCCCCCCC(=O)OCC(COC(=O)CCCCCCCCCCC)OC(=O)CCCCCCCCCCCCCCCCCCCCCCCCCC. The molecular weight excluding hydrogens is 937 g/mol. The highest BCUT2D eigenvalue weighted by Gasteiger charge is 2.19. The van der Waals surface area contributed by atoms with Gasteiger partial charge in [0.25, 0.3) is 0 Å². The van der Waals surface area contributed by atoms with E-state index in [2.05, 4.69) is 81.5 Å². The van der Waals surface area contributed by atoms with E-state index < -0.39 is 6.10 Å². The van der Waals surface area contributed by atoms with E-state index in [9.17, 15) is 14.4 Å². The van der Waals surface area contributed by atoms with Crippen LogP contribution in [-0.2, 0) is 28.6 Å². The summed E-state index contributed by atoms with van der Waals surface area (Å²) >= 11 is 0. The van der Waals surface area contributed by atoms with E-state index in [1.54, 1.807) is 0 Å². The van der Waals surface area contributed by atoms with E-state index in [0.717, 1.165) is 96.3 Å². The predicted octanol–water partition coefficient (Wildman–Crippen LogP) is 22.7. The fourth-order valence-corrected chi connectivity index (χ4v) is 9.83. The summed E-state index contributed by atoms with van der Waals surface area (Å²) in [5, 5.41) is 0. The second-order valence-electron chi connectivity index (χ2n) is 22.4. The normalized spacial score (nSPS) is 12.4. The van der Waals surface area contributed by atoms with Crippen LogP contribution in [0.15, 0.2) is 60.8 Å². The maximum Gasteiger partial charge on any atom is 0.306 e. The van der Waals surface area contributed by atoms with Crippen molar-refractivity contribution in [2.24, 2.45) is 0 Å². The van der Waals surface area contributed by atoms with Crippen LogP contribution in [0, 0.1) is 0 Å². The third kappa shape index (κ3) is 62.0. The zero-order valence-corrected chi connectivity index (χ0v) is 50.8. The minimum Gasteiger partial charge on any atom is -0.462 e. The summed E-state index contributed by atoms with van der Waals surface area (Å²) in [7, 11) is 0. The Hall–Kier alpha value is -2.89. The number of allylic oxidation sites excluding steroid dienone is 10. The van der Waals surface area contributed by atoms with Crippen molar-refractivity contribution >= 4 is 17.9 Å². The number of carbonyl (C=O) groups excluding carboxylic acids is 3. The summed E-state index contributed by atoms with van der Waals surface area (Å²) in [4.78, 5) is 38.2. The monoisotopic (exact) mass is 1060 g/mol. The van der Waals surface area contributed by atoms with Crippen LogP contribution in [0.5, 0.6) is 0 Å². The van der Waals surface area contributed by atoms with Gasteiger partial charge in [0.15, 0.2) is 6.10 Å². The van der Waals surface area contributed by atoms with E-state index in [1.165, 1.54) is 212 Å². The molecule has 6 heteroatoms. The molecule has 0 rings (SSSR count). The Morgan fingerprint density at radius 2 is 0.513 bits per heavy atom. The van der Waals surface area contributed by atoms with Crippen LogP contribution in [0.4, 0.5) is 0 Å². The van der Waals surface area contributed by atoms with Crippen molar-refractivity contribution in [3.8, 4) is 0 Å². The summed E-state index contributed by atoms with van der Waals surface area (Å²) in [6.45, 7) is 6.56. The molecule has 0 radical (unpaired) electrons. The van der Waals surface area contributed by atoms with E-state index >= 15 is 0 Å². The summed E-state index contributed by atoms with van der Waals surface area (Å²) in [5.41, 5.74) is 0. The number of hydrogen-bond acceptors (Lipinski definition) is 6. The number of ether oxygens (including phenoxy) is 3. The van der Waals surface area contributed by atoms with Crippen molar-refractivity contribution in [3.63, 3.8) is 0 Å². The molecule has 442 valence electrons. The molecule has 0 aromatic rings. The molecule has 0 aromatic heterocycles. The molecule has 0 aliphatic heterocycles. The van der Waals surface area contributed by atoms with Crippen molar-refractivity contribution in [3.05, 3.63) is 60.8 Å². The highest BCUT2D eigenvalue weighted by Crippen LogP contribution is 2.18. The van der Waals surface area contributed by atoms with Gasteiger partial charge in [-0.05, 0) is 64.2 Å². The van der Waals surface area contributed by atoms with Crippen LogP contribution in [-0.4, -0.2) is 37.2 Å². The smallest absolute Gasteiger partial charge is 0.306 e. The van der Waals surface area contributed by atoms with Gasteiger partial charge in [-0.3, -0.25) is 14.4 Å². The summed E-state index contributed by atoms with van der Waals surface area (Å²) in [6, 6.07) is 0. The Morgan fingerprint density at radius 3 is 0.803 bits per heavy atom. The molecule has 0 fully saturated rings. The first-order chi connectivity index (χ1) is 37.5. The Morgan fingerprint density at radius 1 is 0.276 bits per heavy atom. The molecule has 0 bridgehead atoms. The maximum absolute atomic E-state index is 12.9. The zero-order valence-electron chi connectivity index (χ0n) is 50.8. The summed E-state index contributed by atoms with van der Waals surface area (Å²) < 4.78 is 16.9. The predicted molar refractivity (Wildman–Crippen MR) is 330 cm³/mol. The first-order valence-corrected chi connectivity index (χ1v) is 33.3. The number of rotatable bonds is 61. The van der Waals surface area contributed by atoms with Crippen LogP contribution in [0.3, 0.4) is 0 Å². The van der Waals surface area contributed by atoms with Crippen molar-refractivity contribution in [2.75, 3.05) is 13.2 Å². The number of esters is 3. The lowest BCUT2D eigenvalue weighted by atomic mass is 10.0. The highest BCUT2D eigenvalue weighted by molar-refractivity contribution is 5.71. The van der Waals surface area contributed by atoms with Crippen molar-refractivity contribution in [2.45, 2.75) is 354 Å². The van der Waals surface area contributed by atoms with Gasteiger partial charge in [-0.1, -0.05) is 326 Å². The first kappa shape index (κ1) is 73.1. The molecule has 0 saturated heterocycles. The number of carbonyl (C=O) groups is 3. The van der Waals surface area contributed by atoms with Gasteiger partial charge in [0.2, 0.25) is 0 Å². The molecule has 0 spiro atoms. The minimum atomic E-state index is -0.773. The Labute approximate surface area is 472 Å². The van der Waals surface area contributed by atoms with Gasteiger partial charge in [-0.15, -0.1) is 0 Å². The molecule has 1 unspecified atom stereocenters. The quantitative estimate of drug-likeness (QED) is 0.0261. The van der Waals surface area contributed by atoms with Gasteiger partial charge >= 0.3 is 17.9 Å². The largest absolute Gasteiger partial charge is 0.462 e. The zero-order chi connectivity index (χ0) is 55.0. The second-order valence-corrected chi connectivity index (χ2v) is 22.4. The minimum absolute atomic E-state index is 0.0713. The Balaban J connectivity index is 4.17. The topological polar surface area (TPSA) is 78.9 Å². The van der Waals surface area contributed by atoms with E-state index in [1.807, 2.05) is 0 Å². The standard InChI is InChI=1S/C70H126O6/c1-4-7-10-13-16-19-21-23-25-27-29-31-33-35-37-38-40-42-44-46-48-51-54-57-60-63-69(72)75-66-67(65-74-68(71)62-59-56-53-50-18-15-12-9-6-3)76-70(73)64-61-58-55-52-49-47-45-43-41-39-36-34-32-30-28-26-24-22-20-17-14-11-8-5-2/h7,10,16,19,23,25,29,31,35,37,67H,4-6,8-9,11-15,17-18,20-22,24,26-28,30,32-34,36,38-66H2,1-3H3/b10-7-,19-16-,25-23-,31-29-,37-35-. The molecule has 76 heavy (non-hydrogen) atoms. The molecule has 6 nitrogen and oxygen atoms in total. The second kappa shape index (κ2) is 64.6. The van der Waals surface area contributed by atoms with E-state index in [4.69, 9.17) is 14.2 Å². The van der Waals surface area contributed by atoms with E-state index in [0.29, 0.717) is 19.3 Å². The van der Waals surface area contributed by atoms with Crippen LogP contribution in [0.2, 0.25) is 0 Å². The van der Waals surface area contributed by atoms with Gasteiger partial charge in [-0.2, -0.15) is 0 Å². The summed E-state index contributed by atoms with van der Waals surface area (Å²) in [6.07, 6.45) is 82.5. The van der Waals surface area contributed by atoms with Gasteiger partial charge in [-0.25, -0.2) is 0 Å². The molecule has 0 N–H and O–H groups in total. The van der Waals surface area contributed by atoms with Crippen LogP contribution < -0.4 is 0 Å². The van der Waals surface area contributed by atoms with Crippen molar-refractivity contribution in [1.29, 1.82) is 0 Å². The molecule has 0 aromatic carbocycles. The summed E-state index contributed by atoms with van der Waals surface area (Å²) in [5.74, 6) is -0.860. The van der Waals surface area contributed by atoms with Gasteiger partial charge in [0, 0.05) is 19.3 Å². The lowest BCUT2D eigenvalue weighted by Crippen LogP contribution is -2.30. The molecule has 0 saturated carbocycles. The van der Waals surface area contributed by atoms with Gasteiger partial charge < -0.3 is 14.2 Å². The van der Waals surface area contributed by atoms with Gasteiger partial charge in [0.05, 0.1) is 0 Å². The number of hydrogen-bond donors (Lipinski definition) is 0. The maximum atomic E-state index is 12.9. The first-order valence-electron chi connectivity index (χ1n) is 33.3. The average molecular weight is 1060 g/mol. The molecule has 1 atom stereocenters. The van der Waals surface area contributed by atoms with Crippen LogP contribution in [0.25, 0.3) is 0 Å². The average Bonchev–Trinajstić information content (AvgIpc) is 3.42. The third-order valence-electron chi connectivity index (χ3n) is 14.8. The molecule has 0 heterocycles. The van der Waals surface area contributed by atoms with Crippen molar-refractivity contribution in [1.82, 2.24) is 0 Å². The Bertz CT molecular complexity index is 1360. The Kier molecular flexibility index (Phi) is 62.2. The third-order valence-corrected chi connectivity index (χ3v) is 14.8. The molecule has 0 aliphatic carbocycles. The molecule has 0 aliphatic rings. The molecule has 0 amide bonds. The highest BCUT2D eigenvalue weighted by atomic mass is 16.6. The number of unbranched alkanes of at least 4 members (excludes halogenated alkanes) is 40. The van der Waals surface area contributed by atoms with Crippen LogP contribution >= 0.6 is 0 Å². The van der Waals surface area contributed by atoms with Gasteiger partial charge in [0.1, 0.15) is 13.2 Å². The van der Waals surface area contributed by atoms with Crippen LogP contribution in [0.1, 0.15) is 348 Å². The van der Waals surface area contributed by atoms with E-state index in [-0.39, 0.29) is 31.1 Å². The lowest BCUT2D eigenvalue weighted by Gasteiger charge is -2.18. The van der Waals surface area contributed by atoms with Crippen molar-refractivity contribution < 1.29 is 28.6 Å². The fraction of sp³-hybridized carbons (Fsp3) is 0.814. The lowest BCUT2D eigenvalue weighted by molar-refractivity contribution is -0.167. The molecular formula is C70H126O6.